The number of aryl methyl sites for hydroxylation is 1. The Morgan fingerprint density at radius 3 is 2.61 bits per heavy atom. The molecule has 0 bridgehead atoms. The number of benzene rings is 1. The molecule has 0 saturated carbocycles. The van der Waals surface area contributed by atoms with Gasteiger partial charge in [-0.3, -0.25) is 0 Å². The van der Waals surface area contributed by atoms with Crippen LogP contribution in [0.1, 0.15) is 11.4 Å². The number of ether oxygens (including phenoxy) is 1. The van der Waals surface area contributed by atoms with Crippen molar-refractivity contribution in [3.8, 4) is 5.75 Å². The molecular weight excluding hydrogens is 230 g/mol. The minimum atomic E-state index is 0.481. The van der Waals surface area contributed by atoms with Crippen LogP contribution >= 0.6 is 0 Å². The van der Waals surface area contributed by atoms with Crippen LogP contribution < -0.4 is 9.42 Å². The average Bonchev–Trinajstić information content (AvgIpc) is 2.65. The van der Waals surface area contributed by atoms with Crippen molar-refractivity contribution in [3.05, 3.63) is 46.6 Å². The fraction of sp³-hybridized carbons (Fsp3) is 0.308. The normalized spacial score (nSPS) is 10.3. The van der Waals surface area contributed by atoms with E-state index in [4.69, 9.17) is 4.74 Å². The van der Waals surface area contributed by atoms with Crippen LogP contribution in [0.15, 0.2) is 35.5 Å². The number of nitrogens with one attached hydrogen (secondary N) is 1. The van der Waals surface area contributed by atoms with Gasteiger partial charge in [0, 0.05) is 6.92 Å². The summed E-state index contributed by atoms with van der Waals surface area (Å²) < 4.78 is 7.47. The summed E-state index contributed by atoms with van der Waals surface area (Å²) in [5.41, 5.74) is 2.09. The molecule has 0 saturated heterocycles. The van der Waals surface area contributed by atoms with Gasteiger partial charge in [0.2, 0.25) is 17.9 Å². The predicted molar refractivity (Wildman–Crippen MR) is 67.9 cm³/mol. The number of aromatic nitrogens is 2. The van der Waals surface area contributed by atoms with E-state index in [1.54, 1.807) is 0 Å². The molecule has 0 aliphatic carbocycles. The monoisotopic (exact) mass is 246 g/mol. The highest BCUT2D eigenvalue weighted by Crippen LogP contribution is 2.18. The van der Waals surface area contributed by atoms with Crippen molar-refractivity contribution >= 4 is 5.69 Å². The Morgan fingerprint density at radius 1 is 1.28 bits per heavy atom. The molecule has 0 atom stereocenters. The van der Waals surface area contributed by atoms with Gasteiger partial charge in [0.15, 0.2) is 0 Å². The number of rotatable bonds is 5. The maximum Gasteiger partial charge on any atom is 0.234 e. The molecule has 2 aromatic rings. The van der Waals surface area contributed by atoms with E-state index in [9.17, 15) is 4.91 Å². The van der Waals surface area contributed by atoms with Gasteiger partial charge in [0.1, 0.15) is 18.1 Å². The average molecular weight is 246 g/mol. The molecule has 1 aromatic heterocycles. The predicted octanol–water partition coefficient (Wildman–Crippen LogP) is 2.40. The maximum absolute atomic E-state index is 10.6. The second-order valence-electron chi connectivity index (χ2n) is 4.08. The molecule has 0 unspecified atom stereocenters. The van der Waals surface area contributed by atoms with E-state index in [1.165, 1.54) is 0 Å². The molecule has 1 N–H and O–H groups in total. The minimum absolute atomic E-state index is 0.481. The van der Waals surface area contributed by atoms with Gasteiger partial charge in [-0.2, -0.15) is 5.10 Å². The molecule has 0 fully saturated rings. The lowest BCUT2D eigenvalue weighted by atomic mass is 10.3. The van der Waals surface area contributed by atoms with Crippen LogP contribution in [-0.2, 0) is 6.54 Å². The third-order valence-electron chi connectivity index (χ3n) is 2.82. The number of aromatic amines is 1. The van der Waals surface area contributed by atoms with Crippen molar-refractivity contribution in [1.82, 2.24) is 5.10 Å². The lowest BCUT2D eigenvalue weighted by Crippen LogP contribution is -2.41. The van der Waals surface area contributed by atoms with Crippen LogP contribution in [0.25, 0.3) is 0 Å². The summed E-state index contributed by atoms with van der Waals surface area (Å²) in [6.07, 6.45) is 0. The summed E-state index contributed by atoms with van der Waals surface area (Å²) in [6.45, 7) is 4.88. The zero-order valence-corrected chi connectivity index (χ0v) is 10.5. The van der Waals surface area contributed by atoms with E-state index in [-0.39, 0.29) is 0 Å². The highest BCUT2D eigenvalue weighted by molar-refractivity contribution is 5.42. The molecule has 0 aliphatic heterocycles. The SMILES string of the molecule is Cc1[nH][n+](CCOc2ccccc2)c(C)c1N=O. The molecule has 1 heterocycles. The molecule has 5 heteroatoms. The number of nitroso groups, excluding NO2 is 1. The zero-order chi connectivity index (χ0) is 13.0. The fourth-order valence-electron chi connectivity index (χ4n) is 1.87. The van der Waals surface area contributed by atoms with E-state index in [2.05, 4.69) is 10.3 Å². The molecule has 0 amide bonds. The lowest BCUT2D eigenvalue weighted by molar-refractivity contribution is -0.755. The Bertz CT molecular complexity index is 535. The Hall–Kier alpha value is -2.17. The van der Waals surface area contributed by atoms with Gasteiger partial charge < -0.3 is 4.74 Å². The molecule has 18 heavy (non-hydrogen) atoms. The van der Waals surface area contributed by atoms with Crippen molar-refractivity contribution in [2.75, 3.05) is 6.61 Å². The molecule has 1 aromatic carbocycles. The summed E-state index contributed by atoms with van der Waals surface area (Å²) >= 11 is 0. The van der Waals surface area contributed by atoms with Gasteiger partial charge in [-0.25, -0.2) is 0 Å². The summed E-state index contributed by atoms with van der Waals surface area (Å²) in [4.78, 5) is 10.6. The number of nitrogens with zero attached hydrogens (tertiary/aromatic N) is 2. The summed E-state index contributed by atoms with van der Waals surface area (Å²) in [5.74, 6) is 0.841. The highest BCUT2D eigenvalue weighted by Gasteiger charge is 2.19. The number of hydrogen-bond donors (Lipinski definition) is 1. The molecule has 0 radical (unpaired) electrons. The van der Waals surface area contributed by atoms with Gasteiger partial charge in [-0.05, 0) is 24.2 Å². The topological polar surface area (TPSA) is 58.3 Å². The molecule has 2 rings (SSSR count). The van der Waals surface area contributed by atoms with Crippen LogP contribution in [0, 0.1) is 18.8 Å². The first-order valence-corrected chi connectivity index (χ1v) is 5.82. The third kappa shape index (κ3) is 2.56. The Morgan fingerprint density at radius 2 is 2.00 bits per heavy atom. The van der Waals surface area contributed by atoms with Crippen molar-refractivity contribution in [3.63, 3.8) is 0 Å². The Labute approximate surface area is 105 Å². The Kier molecular flexibility index (Phi) is 3.72. The molecule has 5 nitrogen and oxygen atoms in total. The summed E-state index contributed by atoms with van der Waals surface area (Å²) in [7, 11) is 0. The van der Waals surface area contributed by atoms with Crippen molar-refractivity contribution < 1.29 is 9.42 Å². The summed E-state index contributed by atoms with van der Waals surface area (Å²) in [5, 5.41) is 6.11. The number of para-hydroxylation sites is 1. The Balaban J connectivity index is 1.97. The second kappa shape index (κ2) is 5.44. The molecule has 94 valence electrons. The van der Waals surface area contributed by atoms with E-state index in [1.807, 2.05) is 48.9 Å². The van der Waals surface area contributed by atoms with E-state index >= 15 is 0 Å². The zero-order valence-electron chi connectivity index (χ0n) is 10.5. The van der Waals surface area contributed by atoms with Gasteiger partial charge in [-0.15, -0.1) is 9.59 Å². The second-order valence-corrected chi connectivity index (χ2v) is 4.08. The van der Waals surface area contributed by atoms with Crippen molar-refractivity contribution in [2.24, 2.45) is 5.18 Å². The van der Waals surface area contributed by atoms with E-state index < -0.39 is 0 Å². The molecule has 0 spiro atoms. The standard InChI is InChI=1S/C13H15N3O2/c1-10-13(15-17)11(2)16(14-10)8-9-18-12-6-4-3-5-7-12/h3-7H,8-9H2,1-2H3/p+1. The first-order chi connectivity index (χ1) is 8.72. The molecule has 0 aliphatic rings. The van der Waals surface area contributed by atoms with Crippen LogP contribution in [-0.4, -0.2) is 11.7 Å². The van der Waals surface area contributed by atoms with Crippen LogP contribution in [0.3, 0.4) is 0 Å². The van der Waals surface area contributed by atoms with Crippen molar-refractivity contribution in [1.29, 1.82) is 0 Å². The van der Waals surface area contributed by atoms with E-state index in [0.29, 0.717) is 18.8 Å². The smallest absolute Gasteiger partial charge is 0.234 e. The van der Waals surface area contributed by atoms with E-state index in [0.717, 1.165) is 17.1 Å². The number of H-pyrrole nitrogens is 1. The molecular formula is C13H16N3O2+. The minimum Gasteiger partial charge on any atom is -0.487 e. The lowest BCUT2D eigenvalue weighted by Gasteiger charge is -2.02. The van der Waals surface area contributed by atoms with Gasteiger partial charge in [-0.1, -0.05) is 18.2 Å². The summed E-state index contributed by atoms with van der Waals surface area (Å²) in [6, 6.07) is 9.63. The van der Waals surface area contributed by atoms with Crippen LogP contribution in [0.4, 0.5) is 5.69 Å². The van der Waals surface area contributed by atoms with Crippen LogP contribution in [0.5, 0.6) is 5.75 Å². The first-order valence-electron chi connectivity index (χ1n) is 5.82. The van der Waals surface area contributed by atoms with Gasteiger partial charge >= 0.3 is 0 Å². The van der Waals surface area contributed by atoms with Gasteiger partial charge in [0.05, 0.1) is 0 Å². The third-order valence-corrected chi connectivity index (χ3v) is 2.82. The maximum atomic E-state index is 10.6. The van der Waals surface area contributed by atoms with Crippen LogP contribution in [0.2, 0.25) is 0 Å². The van der Waals surface area contributed by atoms with Gasteiger partial charge in [0.25, 0.3) is 0 Å². The quantitative estimate of drug-likeness (QED) is 0.650. The van der Waals surface area contributed by atoms with Crippen molar-refractivity contribution in [2.45, 2.75) is 20.4 Å². The largest absolute Gasteiger partial charge is 0.487 e. The highest BCUT2D eigenvalue weighted by atomic mass is 16.5. The number of hydrogen-bond acceptors (Lipinski definition) is 3. The fourth-order valence-corrected chi connectivity index (χ4v) is 1.87. The first kappa shape index (κ1) is 12.3.